The summed E-state index contributed by atoms with van der Waals surface area (Å²) in [5.41, 5.74) is 0.884. The Bertz CT molecular complexity index is 1030. The minimum atomic E-state index is -0.961. The molecular formula is C21H19F2N3O3. The third-order valence-electron chi connectivity index (χ3n) is 5.09. The molecule has 0 saturated carbocycles. The van der Waals surface area contributed by atoms with Crippen LogP contribution >= 0.6 is 0 Å². The van der Waals surface area contributed by atoms with Crippen LogP contribution in [0, 0.1) is 11.6 Å². The SMILES string of the molecule is COc1ccccc1C(=O)N1CCC(c2nc(-c3ccc(F)c(F)c3)no2)CC1. The molecule has 1 fully saturated rings. The van der Waals surface area contributed by atoms with Gasteiger partial charge in [-0.3, -0.25) is 4.79 Å². The average molecular weight is 399 g/mol. The highest BCUT2D eigenvalue weighted by molar-refractivity contribution is 5.97. The fourth-order valence-corrected chi connectivity index (χ4v) is 3.47. The lowest BCUT2D eigenvalue weighted by Crippen LogP contribution is -2.38. The second-order valence-electron chi connectivity index (χ2n) is 6.85. The number of aromatic nitrogens is 2. The summed E-state index contributed by atoms with van der Waals surface area (Å²) in [6, 6.07) is 10.6. The molecule has 3 aromatic rings. The van der Waals surface area contributed by atoms with E-state index < -0.39 is 11.6 Å². The van der Waals surface area contributed by atoms with Crippen LogP contribution in [0.3, 0.4) is 0 Å². The van der Waals surface area contributed by atoms with E-state index in [1.807, 2.05) is 6.07 Å². The number of carbonyl (C=O) groups excluding carboxylic acids is 1. The zero-order valence-corrected chi connectivity index (χ0v) is 15.8. The number of nitrogens with zero attached hydrogens (tertiary/aromatic N) is 3. The van der Waals surface area contributed by atoms with Gasteiger partial charge in [-0.25, -0.2) is 8.78 Å². The fraction of sp³-hybridized carbons (Fsp3) is 0.286. The second kappa shape index (κ2) is 7.98. The van der Waals surface area contributed by atoms with Gasteiger partial charge in [-0.15, -0.1) is 0 Å². The van der Waals surface area contributed by atoms with Gasteiger partial charge in [0.2, 0.25) is 11.7 Å². The van der Waals surface area contributed by atoms with E-state index in [0.29, 0.717) is 48.7 Å². The van der Waals surface area contributed by atoms with Crippen molar-refractivity contribution < 1.29 is 22.8 Å². The van der Waals surface area contributed by atoms with Gasteiger partial charge in [-0.05, 0) is 43.2 Å². The van der Waals surface area contributed by atoms with Gasteiger partial charge in [0.15, 0.2) is 11.6 Å². The molecule has 0 aliphatic carbocycles. The molecule has 6 nitrogen and oxygen atoms in total. The Balaban J connectivity index is 1.43. The maximum atomic E-state index is 13.4. The zero-order chi connectivity index (χ0) is 20.4. The summed E-state index contributed by atoms with van der Waals surface area (Å²) < 4.78 is 37.2. The number of benzene rings is 2. The average Bonchev–Trinajstić information content (AvgIpc) is 3.25. The van der Waals surface area contributed by atoms with Gasteiger partial charge in [0.05, 0.1) is 12.7 Å². The molecule has 0 radical (unpaired) electrons. The van der Waals surface area contributed by atoms with Gasteiger partial charge in [-0.1, -0.05) is 17.3 Å². The van der Waals surface area contributed by atoms with E-state index in [4.69, 9.17) is 9.26 Å². The van der Waals surface area contributed by atoms with Gasteiger partial charge in [0.25, 0.3) is 5.91 Å². The normalized spacial score (nSPS) is 14.8. The number of rotatable bonds is 4. The first kappa shape index (κ1) is 19.0. The Labute approximate surface area is 166 Å². The second-order valence-corrected chi connectivity index (χ2v) is 6.85. The van der Waals surface area contributed by atoms with E-state index in [9.17, 15) is 13.6 Å². The maximum Gasteiger partial charge on any atom is 0.257 e. The highest BCUT2D eigenvalue weighted by atomic mass is 19.2. The molecule has 1 amide bonds. The number of methoxy groups -OCH3 is 1. The van der Waals surface area contributed by atoms with E-state index in [1.165, 1.54) is 6.07 Å². The Morgan fingerprint density at radius 2 is 1.90 bits per heavy atom. The number of hydrogen-bond donors (Lipinski definition) is 0. The van der Waals surface area contributed by atoms with Gasteiger partial charge in [0, 0.05) is 24.6 Å². The zero-order valence-electron chi connectivity index (χ0n) is 15.8. The number of ether oxygens (including phenoxy) is 1. The quantitative estimate of drug-likeness (QED) is 0.662. The van der Waals surface area contributed by atoms with Crippen LogP contribution in [0.4, 0.5) is 8.78 Å². The van der Waals surface area contributed by atoms with Crippen LogP contribution in [-0.2, 0) is 0 Å². The van der Waals surface area contributed by atoms with E-state index in [2.05, 4.69) is 10.1 Å². The largest absolute Gasteiger partial charge is 0.496 e. The van der Waals surface area contributed by atoms with E-state index >= 15 is 0 Å². The van der Waals surface area contributed by atoms with Gasteiger partial charge < -0.3 is 14.2 Å². The summed E-state index contributed by atoms with van der Waals surface area (Å²) in [5.74, 6) is -0.757. The van der Waals surface area contributed by atoms with Gasteiger partial charge in [0.1, 0.15) is 5.75 Å². The number of hydrogen-bond acceptors (Lipinski definition) is 5. The number of para-hydroxylation sites is 1. The molecule has 1 aliphatic heterocycles. The molecule has 29 heavy (non-hydrogen) atoms. The van der Waals surface area contributed by atoms with Gasteiger partial charge in [-0.2, -0.15) is 4.98 Å². The van der Waals surface area contributed by atoms with E-state index in [1.54, 1.807) is 30.2 Å². The molecule has 0 atom stereocenters. The summed E-state index contributed by atoms with van der Waals surface area (Å²) >= 11 is 0. The lowest BCUT2D eigenvalue weighted by Gasteiger charge is -2.30. The third kappa shape index (κ3) is 3.83. The molecule has 1 aliphatic rings. The molecule has 0 unspecified atom stereocenters. The number of carbonyl (C=O) groups is 1. The summed E-state index contributed by atoms with van der Waals surface area (Å²) in [6.45, 7) is 1.09. The monoisotopic (exact) mass is 399 g/mol. The Morgan fingerprint density at radius 3 is 2.62 bits per heavy atom. The van der Waals surface area contributed by atoms with E-state index in [0.717, 1.165) is 12.1 Å². The van der Waals surface area contributed by atoms with Crippen molar-refractivity contribution in [2.45, 2.75) is 18.8 Å². The number of amides is 1. The highest BCUT2D eigenvalue weighted by Crippen LogP contribution is 2.30. The molecule has 0 spiro atoms. The Kier molecular flexibility index (Phi) is 5.24. The van der Waals surface area contributed by atoms with Crippen LogP contribution in [0.25, 0.3) is 11.4 Å². The van der Waals surface area contributed by atoms with Crippen molar-refractivity contribution in [1.29, 1.82) is 0 Å². The standard InChI is InChI=1S/C21H19F2N3O3/c1-28-18-5-3-2-4-15(18)21(27)26-10-8-13(9-11-26)20-24-19(25-29-20)14-6-7-16(22)17(23)12-14/h2-7,12-13H,8-11H2,1H3. The van der Waals surface area contributed by atoms with Crippen LogP contribution in [0.5, 0.6) is 5.75 Å². The molecule has 2 aromatic carbocycles. The first-order valence-electron chi connectivity index (χ1n) is 9.28. The van der Waals surface area contributed by atoms with Crippen molar-refractivity contribution in [2.75, 3.05) is 20.2 Å². The predicted molar refractivity (Wildman–Crippen MR) is 101 cm³/mol. The summed E-state index contributed by atoms with van der Waals surface area (Å²) in [7, 11) is 1.54. The van der Waals surface area contributed by atoms with Crippen molar-refractivity contribution in [3.63, 3.8) is 0 Å². The number of piperidine rings is 1. The molecule has 8 heteroatoms. The van der Waals surface area contributed by atoms with Gasteiger partial charge >= 0.3 is 0 Å². The van der Waals surface area contributed by atoms with E-state index in [-0.39, 0.29) is 17.6 Å². The molecule has 4 rings (SSSR count). The molecule has 0 N–H and O–H groups in total. The predicted octanol–water partition coefficient (Wildman–Crippen LogP) is 4.04. The highest BCUT2D eigenvalue weighted by Gasteiger charge is 2.29. The minimum Gasteiger partial charge on any atom is -0.496 e. The maximum absolute atomic E-state index is 13.4. The minimum absolute atomic E-state index is 0.00302. The topological polar surface area (TPSA) is 68.5 Å². The summed E-state index contributed by atoms with van der Waals surface area (Å²) in [4.78, 5) is 18.9. The number of likely N-dealkylation sites (tertiary alicyclic amines) is 1. The molecular weight excluding hydrogens is 380 g/mol. The Morgan fingerprint density at radius 1 is 1.14 bits per heavy atom. The molecule has 1 aromatic heterocycles. The fourth-order valence-electron chi connectivity index (χ4n) is 3.47. The van der Waals surface area contributed by atoms with Crippen molar-refractivity contribution in [2.24, 2.45) is 0 Å². The van der Waals surface area contributed by atoms with Crippen LogP contribution in [0.2, 0.25) is 0 Å². The van der Waals surface area contributed by atoms with Crippen LogP contribution in [-0.4, -0.2) is 41.1 Å². The Hall–Kier alpha value is -3.29. The van der Waals surface area contributed by atoms with Crippen LogP contribution in [0.1, 0.15) is 35.0 Å². The first-order chi connectivity index (χ1) is 14.1. The van der Waals surface area contributed by atoms with Crippen LogP contribution < -0.4 is 4.74 Å². The first-order valence-corrected chi connectivity index (χ1v) is 9.28. The van der Waals surface area contributed by atoms with Crippen LogP contribution in [0.15, 0.2) is 47.0 Å². The molecule has 0 bridgehead atoms. The third-order valence-corrected chi connectivity index (χ3v) is 5.09. The van der Waals surface area contributed by atoms with Crippen molar-refractivity contribution in [3.8, 4) is 17.1 Å². The van der Waals surface area contributed by atoms with Crippen molar-refractivity contribution in [3.05, 3.63) is 65.6 Å². The summed E-state index contributed by atoms with van der Waals surface area (Å²) in [6.07, 6.45) is 1.33. The molecule has 1 saturated heterocycles. The van der Waals surface area contributed by atoms with Crippen molar-refractivity contribution in [1.82, 2.24) is 15.0 Å². The summed E-state index contributed by atoms with van der Waals surface area (Å²) in [5, 5.41) is 3.88. The lowest BCUT2D eigenvalue weighted by atomic mass is 9.96. The molecule has 2 heterocycles. The molecule has 150 valence electrons. The number of halogens is 2. The van der Waals surface area contributed by atoms with Crippen molar-refractivity contribution >= 4 is 5.91 Å². The smallest absolute Gasteiger partial charge is 0.257 e. The lowest BCUT2D eigenvalue weighted by molar-refractivity contribution is 0.0701.